The number of hydrogen-bond donors (Lipinski definition) is 1. The molecular weight excluding hydrogens is 326 g/mol. The van der Waals surface area contributed by atoms with Gasteiger partial charge in [0.05, 0.1) is 12.8 Å². The lowest BCUT2D eigenvalue weighted by Crippen LogP contribution is -2.27. The number of fused-ring (bicyclic) bond motifs is 1. The molecule has 132 valence electrons. The quantitative estimate of drug-likeness (QED) is 0.664. The Labute approximate surface area is 152 Å². The molecule has 0 saturated carbocycles. The molecule has 1 amide bonds. The van der Waals surface area contributed by atoms with E-state index in [1.54, 1.807) is 0 Å². The maximum absolute atomic E-state index is 11.9. The molecule has 0 aromatic heterocycles. The molecule has 0 fully saturated rings. The SMILES string of the molecule is O=C(Cc1ccccc1)NCCC(=O)OCc1cccc2ccccc12. The lowest BCUT2D eigenvalue weighted by atomic mass is 10.1. The molecule has 3 aromatic rings. The number of carbonyl (C=O) groups excluding carboxylic acids is 2. The van der Waals surface area contributed by atoms with Crippen LogP contribution in [0.15, 0.2) is 72.8 Å². The topological polar surface area (TPSA) is 55.4 Å². The average Bonchev–Trinajstić information content (AvgIpc) is 2.67. The Morgan fingerprint density at radius 2 is 1.58 bits per heavy atom. The van der Waals surface area contributed by atoms with Gasteiger partial charge in [-0.25, -0.2) is 0 Å². The van der Waals surface area contributed by atoms with Gasteiger partial charge in [-0.15, -0.1) is 0 Å². The third-order valence-corrected chi connectivity index (χ3v) is 4.13. The zero-order valence-electron chi connectivity index (χ0n) is 14.5. The van der Waals surface area contributed by atoms with Crippen molar-refractivity contribution in [2.75, 3.05) is 6.54 Å². The molecule has 0 bridgehead atoms. The first kappa shape index (κ1) is 17.7. The van der Waals surface area contributed by atoms with Crippen LogP contribution in [-0.4, -0.2) is 18.4 Å². The molecule has 4 nitrogen and oxygen atoms in total. The second kappa shape index (κ2) is 8.81. The predicted octanol–water partition coefficient (Wildman–Crippen LogP) is 3.63. The minimum Gasteiger partial charge on any atom is -0.461 e. The van der Waals surface area contributed by atoms with E-state index < -0.39 is 0 Å². The Kier molecular flexibility index (Phi) is 5.99. The van der Waals surface area contributed by atoms with Crippen LogP contribution in [0.2, 0.25) is 0 Å². The van der Waals surface area contributed by atoms with Crippen molar-refractivity contribution >= 4 is 22.6 Å². The molecule has 0 radical (unpaired) electrons. The van der Waals surface area contributed by atoms with Gasteiger partial charge in [0.25, 0.3) is 0 Å². The van der Waals surface area contributed by atoms with Gasteiger partial charge in [-0.05, 0) is 21.9 Å². The van der Waals surface area contributed by atoms with Gasteiger partial charge in [0, 0.05) is 6.54 Å². The van der Waals surface area contributed by atoms with Crippen molar-refractivity contribution in [3.05, 3.63) is 83.9 Å². The number of amides is 1. The van der Waals surface area contributed by atoms with Gasteiger partial charge in [-0.2, -0.15) is 0 Å². The van der Waals surface area contributed by atoms with E-state index in [0.29, 0.717) is 6.42 Å². The molecule has 0 aliphatic heterocycles. The zero-order valence-corrected chi connectivity index (χ0v) is 14.5. The number of ether oxygens (including phenoxy) is 1. The number of rotatable bonds is 7. The van der Waals surface area contributed by atoms with Gasteiger partial charge in [-0.1, -0.05) is 72.8 Å². The van der Waals surface area contributed by atoms with Crippen LogP contribution in [0, 0.1) is 0 Å². The van der Waals surface area contributed by atoms with Gasteiger partial charge in [0.2, 0.25) is 5.91 Å². The molecule has 1 N–H and O–H groups in total. The predicted molar refractivity (Wildman–Crippen MR) is 102 cm³/mol. The lowest BCUT2D eigenvalue weighted by molar-refractivity contribution is -0.144. The van der Waals surface area contributed by atoms with Gasteiger partial charge in [0.1, 0.15) is 6.61 Å². The van der Waals surface area contributed by atoms with Crippen LogP contribution in [0.25, 0.3) is 10.8 Å². The molecule has 0 heterocycles. The van der Waals surface area contributed by atoms with Crippen LogP contribution in [0.1, 0.15) is 17.5 Å². The second-order valence-corrected chi connectivity index (χ2v) is 6.06. The van der Waals surface area contributed by atoms with E-state index in [-0.39, 0.29) is 31.4 Å². The van der Waals surface area contributed by atoms with E-state index >= 15 is 0 Å². The standard InChI is InChI=1S/C22H21NO3/c24-21(15-17-7-2-1-3-8-17)23-14-13-22(25)26-16-19-11-6-10-18-9-4-5-12-20(18)19/h1-12H,13-16H2,(H,23,24). The summed E-state index contributed by atoms with van der Waals surface area (Å²) < 4.78 is 5.35. The van der Waals surface area contributed by atoms with E-state index in [0.717, 1.165) is 21.9 Å². The van der Waals surface area contributed by atoms with Crippen LogP contribution >= 0.6 is 0 Å². The van der Waals surface area contributed by atoms with Crippen molar-refractivity contribution in [1.82, 2.24) is 5.32 Å². The summed E-state index contributed by atoms with van der Waals surface area (Å²) in [6.07, 6.45) is 0.469. The summed E-state index contributed by atoms with van der Waals surface area (Å²) in [7, 11) is 0. The number of hydrogen-bond acceptors (Lipinski definition) is 3. The normalized spacial score (nSPS) is 10.5. The average molecular weight is 347 g/mol. The van der Waals surface area contributed by atoms with Crippen LogP contribution in [-0.2, 0) is 27.4 Å². The highest BCUT2D eigenvalue weighted by molar-refractivity contribution is 5.85. The van der Waals surface area contributed by atoms with Crippen molar-refractivity contribution in [2.24, 2.45) is 0 Å². The maximum Gasteiger partial charge on any atom is 0.307 e. The zero-order chi connectivity index (χ0) is 18.2. The van der Waals surface area contributed by atoms with Gasteiger partial charge in [-0.3, -0.25) is 9.59 Å². The van der Waals surface area contributed by atoms with Crippen molar-refractivity contribution in [1.29, 1.82) is 0 Å². The molecule has 3 rings (SSSR count). The summed E-state index contributed by atoms with van der Waals surface area (Å²) >= 11 is 0. The number of carbonyl (C=O) groups is 2. The minimum absolute atomic E-state index is 0.0990. The summed E-state index contributed by atoms with van der Waals surface area (Å²) in [5, 5.41) is 4.95. The van der Waals surface area contributed by atoms with E-state index in [1.165, 1.54) is 0 Å². The van der Waals surface area contributed by atoms with E-state index in [9.17, 15) is 9.59 Å². The molecule has 26 heavy (non-hydrogen) atoms. The van der Waals surface area contributed by atoms with Gasteiger partial charge < -0.3 is 10.1 Å². The van der Waals surface area contributed by atoms with Crippen LogP contribution in [0.3, 0.4) is 0 Å². The Bertz CT molecular complexity index is 885. The Hall–Kier alpha value is -3.14. The first-order valence-electron chi connectivity index (χ1n) is 8.65. The lowest BCUT2D eigenvalue weighted by Gasteiger charge is -2.09. The highest BCUT2D eigenvalue weighted by Gasteiger charge is 2.08. The summed E-state index contributed by atoms with van der Waals surface area (Å²) in [5.74, 6) is -0.420. The second-order valence-electron chi connectivity index (χ2n) is 6.06. The smallest absolute Gasteiger partial charge is 0.307 e. The van der Waals surface area contributed by atoms with Gasteiger partial charge in [0.15, 0.2) is 0 Å². The molecule has 0 unspecified atom stereocenters. The van der Waals surface area contributed by atoms with E-state index in [4.69, 9.17) is 4.74 Å². The molecule has 0 spiro atoms. The number of nitrogens with one attached hydrogen (secondary N) is 1. The fourth-order valence-electron chi connectivity index (χ4n) is 2.80. The Morgan fingerprint density at radius 3 is 2.42 bits per heavy atom. The van der Waals surface area contributed by atoms with Crippen LogP contribution in [0.4, 0.5) is 0 Å². The number of benzene rings is 3. The Morgan fingerprint density at radius 1 is 0.846 bits per heavy atom. The van der Waals surface area contributed by atoms with Crippen LogP contribution < -0.4 is 5.32 Å². The monoisotopic (exact) mass is 347 g/mol. The molecule has 0 atom stereocenters. The molecule has 0 aliphatic rings. The molecule has 0 saturated heterocycles. The summed E-state index contributed by atoms with van der Waals surface area (Å²) in [6.45, 7) is 0.512. The summed E-state index contributed by atoms with van der Waals surface area (Å²) in [4.78, 5) is 23.8. The first-order valence-corrected chi connectivity index (χ1v) is 8.65. The molecule has 3 aromatic carbocycles. The Balaban J connectivity index is 1.42. The van der Waals surface area contributed by atoms with Crippen LogP contribution in [0.5, 0.6) is 0 Å². The summed E-state index contributed by atoms with van der Waals surface area (Å²) in [6, 6.07) is 23.4. The highest BCUT2D eigenvalue weighted by atomic mass is 16.5. The maximum atomic E-state index is 11.9. The third kappa shape index (κ3) is 4.93. The number of esters is 1. The fourth-order valence-corrected chi connectivity index (χ4v) is 2.80. The molecule has 4 heteroatoms. The van der Waals surface area contributed by atoms with Crippen molar-refractivity contribution in [3.63, 3.8) is 0 Å². The highest BCUT2D eigenvalue weighted by Crippen LogP contribution is 2.19. The first-order chi connectivity index (χ1) is 12.7. The molecule has 0 aliphatic carbocycles. The van der Waals surface area contributed by atoms with Gasteiger partial charge >= 0.3 is 5.97 Å². The van der Waals surface area contributed by atoms with Crippen molar-refractivity contribution in [2.45, 2.75) is 19.4 Å². The minimum atomic E-state index is -0.321. The summed E-state index contributed by atoms with van der Waals surface area (Å²) in [5.41, 5.74) is 1.92. The molecular formula is C22H21NO3. The van der Waals surface area contributed by atoms with Crippen molar-refractivity contribution in [3.8, 4) is 0 Å². The van der Waals surface area contributed by atoms with E-state index in [2.05, 4.69) is 5.32 Å². The third-order valence-electron chi connectivity index (χ3n) is 4.13. The fraction of sp³-hybridized carbons (Fsp3) is 0.182. The van der Waals surface area contributed by atoms with E-state index in [1.807, 2.05) is 72.8 Å². The largest absolute Gasteiger partial charge is 0.461 e. The van der Waals surface area contributed by atoms with Crippen molar-refractivity contribution < 1.29 is 14.3 Å².